The van der Waals surface area contributed by atoms with Crippen LogP contribution in [0.15, 0.2) is 66.9 Å². The number of benzene rings is 2. The van der Waals surface area contributed by atoms with Gasteiger partial charge in [-0.2, -0.15) is 17.0 Å². The zero-order valence-electron chi connectivity index (χ0n) is 14.8. The molecule has 2 aromatic carbocycles. The average molecular weight is 373 g/mol. The van der Waals surface area contributed by atoms with Crippen molar-refractivity contribution in [2.75, 3.05) is 12.3 Å². The van der Waals surface area contributed by atoms with Crippen molar-refractivity contribution in [3.05, 3.63) is 83.6 Å². The molecular formula is C22H19N3OS. The van der Waals surface area contributed by atoms with Gasteiger partial charge in [-0.05, 0) is 23.8 Å². The summed E-state index contributed by atoms with van der Waals surface area (Å²) in [4.78, 5) is 16.4. The maximum absolute atomic E-state index is 12.0. The molecule has 134 valence electrons. The topological polar surface area (TPSA) is 65.8 Å². The summed E-state index contributed by atoms with van der Waals surface area (Å²) in [5.41, 5.74) is 3.54. The van der Waals surface area contributed by atoms with Crippen LogP contribution in [0.3, 0.4) is 0 Å². The third kappa shape index (κ3) is 5.19. The van der Waals surface area contributed by atoms with E-state index in [9.17, 15) is 4.79 Å². The number of nitrogens with zero attached hydrogens (tertiary/aromatic N) is 2. The summed E-state index contributed by atoms with van der Waals surface area (Å²) >= 11 is 1.69. The fourth-order valence-electron chi connectivity index (χ4n) is 2.67. The molecule has 0 radical (unpaired) electrons. The first-order chi connectivity index (χ1) is 13.3. The number of carbonyl (C=O) groups is 1. The van der Waals surface area contributed by atoms with Crippen LogP contribution in [0, 0.1) is 11.3 Å². The molecule has 0 atom stereocenters. The molecule has 5 heteroatoms. The number of fused-ring (bicyclic) bond motifs is 1. The molecule has 0 saturated carbocycles. The Morgan fingerprint density at radius 1 is 1.15 bits per heavy atom. The van der Waals surface area contributed by atoms with Crippen molar-refractivity contribution in [2.24, 2.45) is 0 Å². The van der Waals surface area contributed by atoms with Gasteiger partial charge in [0, 0.05) is 41.3 Å². The number of aromatic nitrogens is 1. The van der Waals surface area contributed by atoms with Gasteiger partial charge in [-0.3, -0.25) is 9.78 Å². The second kappa shape index (κ2) is 9.56. The molecule has 1 aromatic heterocycles. The zero-order chi connectivity index (χ0) is 18.9. The van der Waals surface area contributed by atoms with Crippen LogP contribution in [0.1, 0.15) is 16.7 Å². The molecule has 0 aliphatic heterocycles. The van der Waals surface area contributed by atoms with Crippen molar-refractivity contribution in [1.82, 2.24) is 10.3 Å². The summed E-state index contributed by atoms with van der Waals surface area (Å²) < 4.78 is 0. The lowest BCUT2D eigenvalue weighted by atomic mass is 10.1. The smallest absolute Gasteiger partial charge is 0.244 e. The molecule has 0 saturated heterocycles. The van der Waals surface area contributed by atoms with Gasteiger partial charge in [0.1, 0.15) is 0 Å². The van der Waals surface area contributed by atoms with E-state index in [1.165, 1.54) is 0 Å². The van der Waals surface area contributed by atoms with Crippen LogP contribution in [0.5, 0.6) is 0 Å². The summed E-state index contributed by atoms with van der Waals surface area (Å²) in [7, 11) is 0. The van der Waals surface area contributed by atoms with Gasteiger partial charge in [-0.15, -0.1) is 0 Å². The van der Waals surface area contributed by atoms with E-state index < -0.39 is 0 Å². The minimum atomic E-state index is -0.124. The lowest BCUT2D eigenvalue weighted by Crippen LogP contribution is -2.23. The highest BCUT2D eigenvalue weighted by Crippen LogP contribution is 2.17. The Morgan fingerprint density at radius 3 is 2.89 bits per heavy atom. The highest BCUT2D eigenvalue weighted by molar-refractivity contribution is 7.98. The maximum Gasteiger partial charge on any atom is 0.244 e. The van der Waals surface area contributed by atoms with Gasteiger partial charge >= 0.3 is 0 Å². The fourth-order valence-corrected chi connectivity index (χ4v) is 3.53. The zero-order valence-corrected chi connectivity index (χ0v) is 15.6. The van der Waals surface area contributed by atoms with Crippen molar-refractivity contribution < 1.29 is 4.79 Å². The number of hydrogen-bond donors (Lipinski definition) is 1. The largest absolute Gasteiger partial charge is 0.352 e. The molecule has 0 aliphatic carbocycles. The second-order valence-corrected chi connectivity index (χ2v) is 6.97. The lowest BCUT2D eigenvalue weighted by Gasteiger charge is -2.05. The number of nitrogens with one attached hydrogen (secondary N) is 1. The van der Waals surface area contributed by atoms with Crippen LogP contribution in [0.4, 0.5) is 0 Å². The summed E-state index contributed by atoms with van der Waals surface area (Å²) in [6, 6.07) is 19.6. The Labute approximate surface area is 162 Å². The molecule has 0 aliphatic rings. The number of hydrogen-bond acceptors (Lipinski definition) is 4. The van der Waals surface area contributed by atoms with E-state index in [0.29, 0.717) is 12.1 Å². The minimum Gasteiger partial charge on any atom is -0.352 e. The molecule has 0 bridgehead atoms. The van der Waals surface area contributed by atoms with Crippen molar-refractivity contribution in [3.8, 4) is 6.07 Å². The Balaban J connectivity index is 1.46. The summed E-state index contributed by atoms with van der Waals surface area (Å²) in [5.74, 6) is 1.42. The van der Waals surface area contributed by atoms with Gasteiger partial charge in [0.05, 0.1) is 17.1 Å². The van der Waals surface area contributed by atoms with Crippen molar-refractivity contribution in [2.45, 2.75) is 5.75 Å². The van der Waals surface area contributed by atoms with Crippen LogP contribution in [0.25, 0.3) is 17.0 Å². The monoisotopic (exact) mass is 373 g/mol. The molecule has 1 heterocycles. The normalized spacial score (nSPS) is 10.8. The van der Waals surface area contributed by atoms with E-state index >= 15 is 0 Å². The number of rotatable bonds is 7. The van der Waals surface area contributed by atoms with Crippen molar-refractivity contribution in [1.29, 1.82) is 5.26 Å². The van der Waals surface area contributed by atoms with E-state index in [-0.39, 0.29) is 5.91 Å². The molecule has 27 heavy (non-hydrogen) atoms. The first-order valence-electron chi connectivity index (χ1n) is 8.63. The molecule has 4 nitrogen and oxygen atoms in total. The van der Waals surface area contributed by atoms with E-state index in [1.54, 1.807) is 30.1 Å². The van der Waals surface area contributed by atoms with Gasteiger partial charge < -0.3 is 5.32 Å². The Bertz CT molecular complexity index is 1000. The van der Waals surface area contributed by atoms with E-state index in [1.807, 2.05) is 54.6 Å². The number of para-hydroxylation sites is 1. The number of pyridine rings is 1. The molecule has 3 aromatic rings. The number of carbonyl (C=O) groups excluding carboxylic acids is 1. The van der Waals surface area contributed by atoms with Gasteiger partial charge in [0.2, 0.25) is 5.91 Å². The van der Waals surface area contributed by atoms with Crippen LogP contribution in [0.2, 0.25) is 0 Å². The lowest BCUT2D eigenvalue weighted by molar-refractivity contribution is -0.116. The fraction of sp³-hybridized carbons (Fsp3) is 0.136. The van der Waals surface area contributed by atoms with Gasteiger partial charge in [-0.1, -0.05) is 42.5 Å². The third-order valence-corrected chi connectivity index (χ3v) is 5.03. The van der Waals surface area contributed by atoms with Gasteiger partial charge in [0.25, 0.3) is 0 Å². The molecule has 1 N–H and O–H groups in total. The van der Waals surface area contributed by atoms with Crippen molar-refractivity contribution >= 4 is 34.6 Å². The average Bonchev–Trinajstić information content (AvgIpc) is 2.72. The molecular weight excluding hydrogens is 354 g/mol. The molecule has 1 amide bonds. The van der Waals surface area contributed by atoms with Gasteiger partial charge in [-0.25, -0.2) is 0 Å². The van der Waals surface area contributed by atoms with E-state index in [0.717, 1.165) is 33.5 Å². The number of nitriles is 1. The van der Waals surface area contributed by atoms with Crippen molar-refractivity contribution in [3.63, 3.8) is 0 Å². The standard InChI is InChI=1S/C22H19N3OS/c23-15-19-5-1-2-6-20(19)16-27-14-13-24-21(26)11-10-18-8-3-7-17-9-4-12-25-22(17)18/h1-12H,13-14,16H2,(H,24,26). The Kier molecular flexibility index (Phi) is 6.61. The van der Waals surface area contributed by atoms with E-state index in [2.05, 4.69) is 16.4 Å². The number of amides is 1. The highest BCUT2D eigenvalue weighted by atomic mass is 32.2. The van der Waals surface area contributed by atoms with Crippen LogP contribution < -0.4 is 5.32 Å². The Hall–Kier alpha value is -3.10. The molecule has 3 rings (SSSR count). The predicted molar refractivity (Wildman–Crippen MR) is 111 cm³/mol. The Morgan fingerprint density at radius 2 is 2.00 bits per heavy atom. The summed E-state index contributed by atoms with van der Waals surface area (Å²) in [6.45, 7) is 0.580. The third-order valence-electron chi connectivity index (χ3n) is 4.02. The summed E-state index contributed by atoms with van der Waals surface area (Å²) in [6.07, 6.45) is 5.08. The summed E-state index contributed by atoms with van der Waals surface area (Å²) in [5, 5.41) is 13.0. The molecule has 0 unspecified atom stereocenters. The number of thioether (sulfide) groups is 1. The molecule has 0 spiro atoms. The first-order valence-corrected chi connectivity index (χ1v) is 9.79. The molecule has 0 fully saturated rings. The van der Waals surface area contributed by atoms with Crippen LogP contribution >= 0.6 is 11.8 Å². The SMILES string of the molecule is N#Cc1ccccc1CSCCNC(=O)C=Cc1cccc2cccnc12. The van der Waals surface area contributed by atoms with E-state index in [4.69, 9.17) is 5.26 Å². The first kappa shape index (κ1) is 18.7. The second-order valence-electron chi connectivity index (χ2n) is 5.87. The van der Waals surface area contributed by atoms with Gasteiger partial charge in [0.15, 0.2) is 0 Å². The quantitative estimate of drug-likeness (QED) is 0.499. The highest BCUT2D eigenvalue weighted by Gasteiger charge is 2.02. The predicted octanol–water partition coefficient (Wildman–Crippen LogP) is 4.17. The minimum absolute atomic E-state index is 0.124. The maximum atomic E-state index is 12.0. The van der Waals surface area contributed by atoms with Crippen LogP contribution in [-0.4, -0.2) is 23.2 Å². The van der Waals surface area contributed by atoms with Crippen LogP contribution in [-0.2, 0) is 10.5 Å².